The van der Waals surface area contributed by atoms with Gasteiger partial charge in [-0.05, 0) is 19.1 Å². The van der Waals surface area contributed by atoms with Gasteiger partial charge >= 0.3 is 0 Å². The Bertz CT molecular complexity index is 663. The molecule has 0 N–H and O–H groups in total. The molecule has 0 saturated carbocycles. The molecule has 5 nitrogen and oxygen atoms in total. The Hall–Kier alpha value is -2.21. The number of hydrogen-bond donors (Lipinski definition) is 0. The summed E-state index contributed by atoms with van der Waals surface area (Å²) in [6.07, 6.45) is 0. The monoisotopic (exact) mass is 303 g/mol. The first-order valence-corrected chi connectivity index (χ1v) is 7.32. The lowest BCUT2D eigenvalue weighted by Gasteiger charge is -2.34. The fraction of sp³-hybridized carbons (Fsp3) is 0.375. The highest BCUT2D eigenvalue weighted by atomic mass is 19.1. The average molecular weight is 303 g/mol. The number of piperazine rings is 1. The number of benzene rings is 1. The van der Waals surface area contributed by atoms with E-state index in [0.29, 0.717) is 19.6 Å². The number of hydrogen-bond acceptors (Lipinski definition) is 4. The van der Waals surface area contributed by atoms with E-state index in [1.54, 1.807) is 17.0 Å². The Kier molecular flexibility index (Phi) is 4.20. The molecule has 0 unspecified atom stereocenters. The number of aryl methyl sites for hydroxylation is 1. The summed E-state index contributed by atoms with van der Waals surface area (Å²) in [5, 5.41) is 3.87. The number of halogens is 1. The van der Waals surface area contributed by atoms with Crippen molar-refractivity contribution in [3.8, 4) is 0 Å². The van der Waals surface area contributed by atoms with Gasteiger partial charge in [0.05, 0.1) is 17.8 Å². The third-order valence-corrected chi connectivity index (χ3v) is 3.82. The first-order valence-electron chi connectivity index (χ1n) is 7.32. The van der Waals surface area contributed by atoms with Crippen LogP contribution in [0, 0.1) is 12.7 Å². The van der Waals surface area contributed by atoms with Gasteiger partial charge in [0.1, 0.15) is 5.82 Å². The van der Waals surface area contributed by atoms with Gasteiger partial charge in [0.25, 0.3) is 5.91 Å². The molecule has 0 aliphatic carbocycles. The van der Waals surface area contributed by atoms with Gasteiger partial charge in [-0.15, -0.1) is 0 Å². The molecule has 1 fully saturated rings. The summed E-state index contributed by atoms with van der Waals surface area (Å²) in [4.78, 5) is 16.2. The van der Waals surface area contributed by atoms with E-state index < -0.39 is 5.82 Å². The van der Waals surface area contributed by atoms with Gasteiger partial charge in [-0.3, -0.25) is 9.69 Å². The Morgan fingerprint density at radius 3 is 2.64 bits per heavy atom. The Morgan fingerprint density at radius 1 is 1.27 bits per heavy atom. The van der Waals surface area contributed by atoms with E-state index in [0.717, 1.165) is 24.5 Å². The summed E-state index contributed by atoms with van der Waals surface area (Å²) in [6.45, 7) is 5.21. The Morgan fingerprint density at radius 2 is 2.00 bits per heavy atom. The predicted molar refractivity (Wildman–Crippen MR) is 78.8 cm³/mol. The summed E-state index contributed by atoms with van der Waals surface area (Å²) < 4.78 is 18.9. The lowest BCUT2D eigenvalue weighted by Crippen LogP contribution is -2.48. The molecule has 22 heavy (non-hydrogen) atoms. The SMILES string of the molecule is Cc1cc(CN2CCN(C(=O)c3ccccc3F)CC2)on1. The van der Waals surface area contributed by atoms with E-state index in [1.807, 2.05) is 13.0 Å². The number of aromatic nitrogens is 1. The topological polar surface area (TPSA) is 49.6 Å². The maximum Gasteiger partial charge on any atom is 0.256 e. The first kappa shape index (κ1) is 14.7. The zero-order valence-electron chi connectivity index (χ0n) is 12.5. The number of amides is 1. The molecular formula is C16H18FN3O2. The van der Waals surface area contributed by atoms with Crippen molar-refractivity contribution in [1.29, 1.82) is 0 Å². The van der Waals surface area contributed by atoms with Crippen LogP contribution < -0.4 is 0 Å². The molecule has 0 bridgehead atoms. The molecule has 2 heterocycles. The van der Waals surface area contributed by atoms with Crippen molar-refractivity contribution in [2.75, 3.05) is 26.2 Å². The highest BCUT2D eigenvalue weighted by molar-refractivity contribution is 5.94. The molecule has 1 aliphatic heterocycles. The van der Waals surface area contributed by atoms with Gasteiger partial charge in [-0.1, -0.05) is 17.3 Å². The van der Waals surface area contributed by atoms with E-state index in [1.165, 1.54) is 12.1 Å². The molecule has 3 rings (SSSR count). The number of carbonyl (C=O) groups is 1. The second-order valence-electron chi connectivity index (χ2n) is 5.48. The van der Waals surface area contributed by atoms with Crippen LogP contribution in [0.3, 0.4) is 0 Å². The summed E-state index contributed by atoms with van der Waals surface area (Å²) in [5.41, 5.74) is 1.00. The minimum atomic E-state index is -0.466. The third kappa shape index (κ3) is 3.17. The van der Waals surface area contributed by atoms with Crippen LogP contribution in [0.1, 0.15) is 21.8 Å². The van der Waals surface area contributed by atoms with Crippen LogP contribution in [-0.2, 0) is 6.54 Å². The van der Waals surface area contributed by atoms with Gasteiger partial charge in [0.2, 0.25) is 0 Å². The molecule has 1 saturated heterocycles. The second-order valence-corrected chi connectivity index (χ2v) is 5.48. The summed E-state index contributed by atoms with van der Waals surface area (Å²) >= 11 is 0. The van der Waals surface area contributed by atoms with Gasteiger partial charge in [0, 0.05) is 32.2 Å². The summed E-state index contributed by atoms with van der Waals surface area (Å²) in [6, 6.07) is 8.02. The van der Waals surface area contributed by atoms with E-state index in [-0.39, 0.29) is 11.5 Å². The summed E-state index contributed by atoms with van der Waals surface area (Å²) in [7, 11) is 0. The maximum absolute atomic E-state index is 13.7. The molecule has 2 aromatic rings. The number of carbonyl (C=O) groups excluding carboxylic acids is 1. The molecule has 1 aromatic carbocycles. The largest absolute Gasteiger partial charge is 0.360 e. The zero-order chi connectivity index (χ0) is 15.5. The normalized spacial score (nSPS) is 16.0. The van der Waals surface area contributed by atoms with Crippen LogP contribution in [0.2, 0.25) is 0 Å². The molecule has 116 valence electrons. The Labute approximate surface area is 128 Å². The third-order valence-electron chi connectivity index (χ3n) is 3.82. The fourth-order valence-corrected chi connectivity index (χ4v) is 2.63. The quantitative estimate of drug-likeness (QED) is 0.871. The van der Waals surface area contributed by atoms with E-state index >= 15 is 0 Å². The molecular weight excluding hydrogens is 285 g/mol. The van der Waals surface area contributed by atoms with E-state index in [4.69, 9.17) is 4.52 Å². The van der Waals surface area contributed by atoms with Crippen LogP contribution in [0.5, 0.6) is 0 Å². The van der Waals surface area contributed by atoms with Crippen LogP contribution in [0.4, 0.5) is 4.39 Å². The standard InChI is InChI=1S/C16H18FN3O2/c1-12-10-13(22-18-12)11-19-6-8-20(9-7-19)16(21)14-4-2-3-5-15(14)17/h2-5,10H,6-9,11H2,1H3. The van der Waals surface area contributed by atoms with Crippen molar-refractivity contribution in [2.24, 2.45) is 0 Å². The van der Waals surface area contributed by atoms with Gasteiger partial charge in [-0.2, -0.15) is 0 Å². The summed E-state index contributed by atoms with van der Waals surface area (Å²) in [5.74, 6) is 0.117. The lowest BCUT2D eigenvalue weighted by atomic mass is 10.1. The lowest BCUT2D eigenvalue weighted by molar-refractivity contribution is 0.0613. The molecule has 6 heteroatoms. The van der Waals surface area contributed by atoms with Gasteiger partial charge < -0.3 is 9.42 Å². The van der Waals surface area contributed by atoms with Crippen molar-refractivity contribution in [3.63, 3.8) is 0 Å². The van der Waals surface area contributed by atoms with Crippen LogP contribution in [0.15, 0.2) is 34.9 Å². The number of rotatable bonds is 3. The van der Waals surface area contributed by atoms with Crippen LogP contribution in [-0.4, -0.2) is 47.0 Å². The zero-order valence-corrected chi connectivity index (χ0v) is 12.5. The van der Waals surface area contributed by atoms with Gasteiger partial charge in [0.15, 0.2) is 5.76 Å². The van der Waals surface area contributed by atoms with Crippen molar-refractivity contribution in [2.45, 2.75) is 13.5 Å². The number of nitrogens with zero attached hydrogens (tertiary/aromatic N) is 3. The van der Waals surface area contributed by atoms with E-state index in [2.05, 4.69) is 10.1 Å². The van der Waals surface area contributed by atoms with Gasteiger partial charge in [-0.25, -0.2) is 4.39 Å². The second kappa shape index (κ2) is 6.27. The average Bonchev–Trinajstić information content (AvgIpc) is 2.93. The molecule has 1 aliphatic rings. The smallest absolute Gasteiger partial charge is 0.256 e. The first-order chi connectivity index (χ1) is 10.6. The van der Waals surface area contributed by atoms with Crippen molar-refractivity contribution >= 4 is 5.91 Å². The highest BCUT2D eigenvalue weighted by Crippen LogP contribution is 2.14. The highest BCUT2D eigenvalue weighted by Gasteiger charge is 2.24. The Balaban J connectivity index is 1.57. The molecule has 1 aromatic heterocycles. The molecule has 0 spiro atoms. The molecule has 0 atom stereocenters. The van der Waals surface area contributed by atoms with Crippen molar-refractivity contribution < 1.29 is 13.7 Å². The minimum Gasteiger partial charge on any atom is -0.360 e. The fourth-order valence-electron chi connectivity index (χ4n) is 2.63. The molecule has 1 amide bonds. The van der Waals surface area contributed by atoms with Crippen molar-refractivity contribution in [3.05, 3.63) is 53.2 Å². The molecule has 0 radical (unpaired) electrons. The predicted octanol–water partition coefficient (Wildman–Crippen LogP) is 2.08. The van der Waals surface area contributed by atoms with E-state index in [9.17, 15) is 9.18 Å². The maximum atomic E-state index is 13.7. The van der Waals surface area contributed by atoms with Crippen LogP contribution in [0.25, 0.3) is 0 Å². The minimum absolute atomic E-state index is 0.141. The van der Waals surface area contributed by atoms with Crippen molar-refractivity contribution in [1.82, 2.24) is 15.0 Å². The van der Waals surface area contributed by atoms with Crippen LogP contribution >= 0.6 is 0 Å².